The van der Waals surface area contributed by atoms with Gasteiger partial charge in [-0.2, -0.15) is 5.26 Å². The Hall–Kier alpha value is -1.63. The summed E-state index contributed by atoms with van der Waals surface area (Å²) >= 11 is 0. The van der Waals surface area contributed by atoms with E-state index in [9.17, 15) is 0 Å². The van der Waals surface area contributed by atoms with Gasteiger partial charge in [-0.15, -0.1) is 0 Å². The number of hydrogen-bond donors (Lipinski definition) is 0. The van der Waals surface area contributed by atoms with E-state index in [-0.39, 0.29) is 0 Å². The minimum atomic E-state index is 0.368. The molecule has 0 radical (unpaired) electrons. The fourth-order valence-corrected chi connectivity index (χ4v) is 1.21. The highest BCUT2D eigenvalue weighted by atomic mass is 15.2. The lowest BCUT2D eigenvalue weighted by molar-refractivity contribution is 0.883. The highest BCUT2D eigenvalue weighted by molar-refractivity contribution is 5.38. The van der Waals surface area contributed by atoms with Gasteiger partial charge in [0.1, 0.15) is 11.9 Å². The molecule has 4 nitrogen and oxygen atoms in total. The summed E-state index contributed by atoms with van der Waals surface area (Å²) in [6.45, 7) is 0. The average Bonchev–Trinajstić information content (AvgIpc) is 3.00. The molecule has 1 aromatic rings. The van der Waals surface area contributed by atoms with Crippen LogP contribution in [-0.2, 0) is 0 Å². The van der Waals surface area contributed by atoms with Gasteiger partial charge in [-0.1, -0.05) is 0 Å². The van der Waals surface area contributed by atoms with Gasteiger partial charge in [0.25, 0.3) is 0 Å². The van der Waals surface area contributed by atoms with Crippen molar-refractivity contribution in [1.82, 2.24) is 9.97 Å². The summed E-state index contributed by atoms with van der Waals surface area (Å²) in [7, 11) is 2.01. The fourth-order valence-electron chi connectivity index (χ4n) is 1.21. The van der Waals surface area contributed by atoms with Crippen molar-refractivity contribution < 1.29 is 0 Å². The molecule has 1 heterocycles. The maximum absolute atomic E-state index is 8.52. The van der Waals surface area contributed by atoms with Crippen LogP contribution < -0.4 is 4.90 Å². The topological polar surface area (TPSA) is 52.8 Å². The van der Waals surface area contributed by atoms with E-state index >= 15 is 0 Å². The summed E-state index contributed by atoms with van der Waals surface area (Å²) in [5.41, 5.74) is 0.368. The Morgan fingerprint density at radius 3 is 2.69 bits per heavy atom. The van der Waals surface area contributed by atoms with Crippen molar-refractivity contribution >= 4 is 5.82 Å². The first-order chi connectivity index (χ1) is 6.31. The number of aromatic nitrogens is 2. The molecule has 2 rings (SSSR count). The zero-order chi connectivity index (χ0) is 9.26. The number of rotatable bonds is 2. The lowest BCUT2D eigenvalue weighted by atomic mass is 10.4. The molecule has 0 amide bonds. The van der Waals surface area contributed by atoms with Gasteiger partial charge in [-0.25, -0.2) is 9.97 Å². The molecule has 1 aromatic heterocycles. The summed E-state index contributed by atoms with van der Waals surface area (Å²) in [5, 5.41) is 8.52. The predicted molar refractivity (Wildman–Crippen MR) is 48.2 cm³/mol. The van der Waals surface area contributed by atoms with E-state index in [4.69, 9.17) is 5.26 Å². The van der Waals surface area contributed by atoms with Gasteiger partial charge in [0.2, 0.25) is 0 Å². The van der Waals surface area contributed by atoms with E-state index in [0.717, 1.165) is 5.82 Å². The molecule has 0 spiro atoms. The predicted octanol–water partition coefficient (Wildman–Crippen LogP) is 0.947. The van der Waals surface area contributed by atoms with Crippen LogP contribution in [0.5, 0.6) is 0 Å². The van der Waals surface area contributed by atoms with Gasteiger partial charge in [-0.3, -0.25) is 0 Å². The Balaban J connectivity index is 2.17. The van der Waals surface area contributed by atoms with Gasteiger partial charge in [0.05, 0.1) is 12.4 Å². The largest absolute Gasteiger partial charge is 0.355 e. The minimum absolute atomic E-state index is 0.368. The van der Waals surface area contributed by atoms with Crippen LogP contribution in [0.25, 0.3) is 0 Å². The highest BCUT2D eigenvalue weighted by Crippen LogP contribution is 2.28. The van der Waals surface area contributed by atoms with Crippen LogP contribution in [0, 0.1) is 11.3 Å². The Bertz CT molecular complexity index is 334. The SMILES string of the molecule is CN(c1cnc(C#N)cn1)C1CC1. The zero-order valence-electron chi connectivity index (χ0n) is 7.44. The van der Waals surface area contributed by atoms with Crippen molar-refractivity contribution in [3.63, 3.8) is 0 Å². The highest BCUT2D eigenvalue weighted by Gasteiger charge is 2.27. The van der Waals surface area contributed by atoms with Crippen molar-refractivity contribution in [2.24, 2.45) is 0 Å². The van der Waals surface area contributed by atoms with Crippen LogP contribution in [0.4, 0.5) is 5.82 Å². The van der Waals surface area contributed by atoms with Gasteiger partial charge < -0.3 is 4.90 Å². The van der Waals surface area contributed by atoms with Crippen molar-refractivity contribution in [2.45, 2.75) is 18.9 Å². The second-order valence-electron chi connectivity index (χ2n) is 3.21. The maximum atomic E-state index is 8.52. The van der Waals surface area contributed by atoms with Crippen LogP contribution in [0.3, 0.4) is 0 Å². The molecule has 0 saturated heterocycles. The lowest BCUT2D eigenvalue weighted by Crippen LogP contribution is -2.20. The molecule has 1 saturated carbocycles. The summed E-state index contributed by atoms with van der Waals surface area (Å²) in [6, 6.07) is 2.57. The molecule has 1 fully saturated rings. The van der Waals surface area contributed by atoms with E-state index in [0.29, 0.717) is 11.7 Å². The molecule has 1 aliphatic rings. The minimum Gasteiger partial charge on any atom is -0.355 e. The van der Waals surface area contributed by atoms with Crippen molar-refractivity contribution in [1.29, 1.82) is 5.26 Å². The molecular weight excluding hydrogens is 164 g/mol. The number of anilines is 1. The van der Waals surface area contributed by atoms with Gasteiger partial charge >= 0.3 is 0 Å². The second-order valence-corrected chi connectivity index (χ2v) is 3.21. The molecule has 0 N–H and O–H groups in total. The first-order valence-electron chi connectivity index (χ1n) is 4.26. The first kappa shape index (κ1) is 7.99. The summed E-state index contributed by atoms with van der Waals surface area (Å²) < 4.78 is 0. The molecule has 13 heavy (non-hydrogen) atoms. The molecule has 0 atom stereocenters. The molecule has 4 heteroatoms. The summed E-state index contributed by atoms with van der Waals surface area (Å²) in [5.74, 6) is 0.849. The van der Waals surface area contributed by atoms with Crippen molar-refractivity contribution in [3.05, 3.63) is 18.1 Å². The average molecular weight is 174 g/mol. The van der Waals surface area contributed by atoms with Gasteiger partial charge in [0.15, 0.2) is 5.69 Å². The molecule has 66 valence electrons. The second kappa shape index (κ2) is 3.02. The lowest BCUT2D eigenvalue weighted by Gasteiger charge is -2.15. The fraction of sp³-hybridized carbons (Fsp3) is 0.444. The van der Waals surface area contributed by atoms with Gasteiger partial charge in [-0.05, 0) is 12.8 Å². The van der Waals surface area contributed by atoms with Crippen LogP contribution >= 0.6 is 0 Å². The molecule has 0 unspecified atom stereocenters. The van der Waals surface area contributed by atoms with E-state index < -0.39 is 0 Å². The monoisotopic (exact) mass is 174 g/mol. The molecule has 0 aliphatic heterocycles. The molecular formula is C9H10N4. The summed E-state index contributed by atoms with van der Waals surface area (Å²) in [6.07, 6.45) is 5.63. The third-order valence-electron chi connectivity index (χ3n) is 2.21. The Kier molecular flexibility index (Phi) is 1.85. The van der Waals surface area contributed by atoms with Crippen molar-refractivity contribution in [3.8, 4) is 6.07 Å². The normalized spacial score (nSPS) is 15.1. The van der Waals surface area contributed by atoms with Crippen LogP contribution in [0.1, 0.15) is 18.5 Å². The molecule has 1 aliphatic carbocycles. The smallest absolute Gasteiger partial charge is 0.158 e. The van der Waals surface area contributed by atoms with Crippen LogP contribution in [-0.4, -0.2) is 23.1 Å². The van der Waals surface area contributed by atoms with Gasteiger partial charge in [0, 0.05) is 13.1 Å². The zero-order valence-corrected chi connectivity index (χ0v) is 7.44. The number of nitrogens with zero attached hydrogens (tertiary/aromatic N) is 4. The van der Waals surface area contributed by atoms with E-state index in [1.807, 2.05) is 13.1 Å². The number of hydrogen-bond acceptors (Lipinski definition) is 4. The van der Waals surface area contributed by atoms with E-state index in [1.165, 1.54) is 19.0 Å². The third-order valence-corrected chi connectivity index (χ3v) is 2.21. The summed E-state index contributed by atoms with van der Waals surface area (Å²) in [4.78, 5) is 10.2. The quantitative estimate of drug-likeness (QED) is 0.669. The Morgan fingerprint density at radius 1 is 1.46 bits per heavy atom. The third kappa shape index (κ3) is 1.59. The Morgan fingerprint density at radius 2 is 2.23 bits per heavy atom. The van der Waals surface area contributed by atoms with Crippen molar-refractivity contribution in [2.75, 3.05) is 11.9 Å². The van der Waals surface area contributed by atoms with Crippen LogP contribution in [0.15, 0.2) is 12.4 Å². The van der Waals surface area contributed by atoms with E-state index in [1.54, 1.807) is 6.20 Å². The molecule has 0 bridgehead atoms. The first-order valence-corrected chi connectivity index (χ1v) is 4.26. The maximum Gasteiger partial charge on any atom is 0.158 e. The standard InChI is InChI=1S/C9H10N4/c1-13(8-2-3-8)9-6-11-7(4-10)5-12-9/h5-6,8H,2-3H2,1H3. The van der Waals surface area contributed by atoms with Crippen LogP contribution in [0.2, 0.25) is 0 Å². The number of nitriles is 1. The Labute approximate surface area is 76.8 Å². The molecule has 0 aromatic carbocycles. The van der Waals surface area contributed by atoms with E-state index in [2.05, 4.69) is 14.9 Å².